The van der Waals surface area contributed by atoms with Crippen LogP contribution in [0.2, 0.25) is 0 Å². The van der Waals surface area contributed by atoms with Crippen LogP contribution in [0, 0.1) is 0 Å². The molecular weight excluding hydrogens is 256 g/mol. The molecule has 0 saturated carbocycles. The number of hydrogen-bond donors (Lipinski definition) is 1. The smallest absolute Gasteiger partial charge is 0.331 e. The average Bonchev–Trinajstić information content (AvgIpc) is 2.46. The Kier molecular flexibility index (Phi) is 6.59. The number of hydrogen-bond acceptors (Lipinski definition) is 5. The quantitative estimate of drug-likeness (QED) is 0.606. The van der Waals surface area contributed by atoms with E-state index in [0.717, 1.165) is 11.3 Å². The van der Waals surface area contributed by atoms with Crippen molar-refractivity contribution in [1.29, 1.82) is 0 Å². The Hall–Kier alpha value is -2.01. The summed E-state index contributed by atoms with van der Waals surface area (Å²) >= 11 is 0. The highest BCUT2D eigenvalue weighted by molar-refractivity contribution is 5.81. The number of nitrogens with zero attached hydrogens (tertiary/aromatic N) is 1. The summed E-state index contributed by atoms with van der Waals surface area (Å²) in [6, 6.07) is 8.12. The zero-order valence-corrected chi connectivity index (χ0v) is 12.4. The molecular formula is C15H22N2O3. The molecule has 20 heavy (non-hydrogen) atoms. The predicted octanol–water partition coefficient (Wildman–Crippen LogP) is 1.57. The van der Waals surface area contributed by atoms with Gasteiger partial charge in [0.2, 0.25) is 0 Å². The normalized spacial score (nSPS) is 12.4. The lowest BCUT2D eigenvalue weighted by Gasteiger charge is -2.25. The van der Waals surface area contributed by atoms with Crippen LogP contribution in [0.5, 0.6) is 5.75 Å². The molecule has 0 saturated heterocycles. The summed E-state index contributed by atoms with van der Waals surface area (Å²) in [6.07, 6.45) is 2.96. The second kappa shape index (κ2) is 8.22. The van der Waals surface area contributed by atoms with E-state index in [1.165, 1.54) is 13.2 Å². The molecule has 1 unspecified atom stereocenters. The zero-order chi connectivity index (χ0) is 15.0. The fraction of sp³-hybridized carbons (Fsp3) is 0.400. The van der Waals surface area contributed by atoms with Crippen LogP contribution in [0.15, 0.2) is 36.5 Å². The molecule has 0 aliphatic heterocycles. The summed E-state index contributed by atoms with van der Waals surface area (Å²) in [5.74, 6) is 0.458. The Labute approximate surface area is 120 Å². The number of carbonyl (C=O) groups is 1. The second-order valence-electron chi connectivity index (χ2n) is 4.52. The van der Waals surface area contributed by atoms with Gasteiger partial charge >= 0.3 is 5.97 Å². The highest BCUT2D eigenvalue weighted by Crippen LogP contribution is 2.21. The van der Waals surface area contributed by atoms with Gasteiger partial charge in [-0.25, -0.2) is 4.79 Å². The van der Waals surface area contributed by atoms with Crippen molar-refractivity contribution in [2.75, 3.05) is 34.9 Å². The number of carbonyl (C=O) groups excluding carboxylic acids is 1. The number of nitrogens with one attached hydrogen (secondary N) is 1. The van der Waals surface area contributed by atoms with Crippen LogP contribution in [-0.2, 0) is 9.53 Å². The van der Waals surface area contributed by atoms with Crippen LogP contribution >= 0.6 is 0 Å². The molecule has 1 aromatic carbocycles. The van der Waals surface area contributed by atoms with Crippen LogP contribution < -0.4 is 10.1 Å². The van der Waals surface area contributed by atoms with Crippen LogP contribution in [0.3, 0.4) is 0 Å². The SMILES string of the molecule is COC(=O)/C=C/NCC(c1cccc(OC)c1)N(C)C. The van der Waals surface area contributed by atoms with Gasteiger partial charge in [0.15, 0.2) is 0 Å². The largest absolute Gasteiger partial charge is 0.497 e. The summed E-state index contributed by atoms with van der Waals surface area (Å²) in [5, 5.41) is 3.10. The Morgan fingerprint density at radius 1 is 1.40 bits per heavy atom. The van der Waals surface area contributed by atoms with E-state index in [-0.39, 0.29) is 12.0 Å². The second-order valence-corrected chi connectivity index (χ2v) is 4.52. The van der Waals surface area contributed by atoms with Crippen LogP contribution in [0.25, 0.3) is 0 Å². The van der Waals surface area contributed by atoms with Crippen molar-refractivity contribution in [3.05, 3.63) is 42.1 Å². The van der Waals surface area contributed by atoms with Crippen molar-refractivity contribution in [3.63, 3.8) is 0 Å². The molecule has 110 valence electrons. The minimum Gasteiger partial charge on any atom is -0.497 e. The van der Waals surface area contributed by atoms with Gasteiger partial charge in [0, 0.05) is 18.8 Å². The zero-order valence-electron chi connectivity index (χ0n) is 12.4. The van der Waals surface area contributed by atoms with Gasteiger partial charge in [-0.15, -0.1) is 0 Å². The number of likely N-dealkylation sites (N-methyl/N-ethyl adjacent to an activating group) is 1. The minimum atomic E-state index is -0.375. The lowest BCUT2D eigenvalue weighted by Crippen LogP contribution is -2.28. The number of esters is 1. The third-order valence-corrected chi connectivity index (χ3v) is 2.95. The molecule has 1 N–H and O–H groups in total. The summed E-state index contributed by atoms with van der Waals surface area (Å²) in [7, 11) is 7.03. The van der Waals surface area contributed by atoms with Gasteiger partial charge < -0.3 is 19.7 Å². The van der Waals surface area contributed by atoms with Crippen molar-refractivity contribution in [3.8, 4) is 5.75 Å². The molecule has 0 heterocycles. The van der Waals surface area contributed by atoms with E-state index in [4.69, 9.17) is 4.74 Å². The van der Waals surface area contributed by atoms with E-state index in [1.807, 2.05) is 32.3 Å². The molecule has 0 spiro atoms. The third-order valence-electron chi connectivity index (χ3n) is 2.95. The molecule has 0 radical (unpaired) electrons. The lowest BCUT2D eigenvalue weighted by molar-refractivity contribution is -0.134. The van der Waals surface area contributed by atoms with Crippen molar-refractivity contribution in [2.24, 2.45) is 0 Å². The molecule has 1 atom stereocenters. The van der Waals surface area contributed by atoms with Gasteiger partial charge in [-0.2, -0.15) is 0 Å². The maximum Gasteiger partial charge on any atom is 0.331 e. The maximum atomic E-state index is 11.0. The molecule has 5 nitrogen and oxygen atoms in total. The van der Waals surface area contributed by atoms with E-state index in [1.54, 1.807) is 13.3 Å². The van der Waals surface area contributed by atoms with Crippen molar-refractivity contribution in [2.45, 2.75) is 6.04 Å². The highest BCUT2D eigenvalue weighted by Gasteiger charge is 2.13. The highest BCUT2D eigenvalue weighted by atomic mass is 16.5. The summed E-state index contributed by atoms with van der Waals surface area (Å²) < 4.78 is 9.77. The summed E-state index contributed by atoms with van der Waals surface area (Å²) in [4.78, 5) is 13.1. The molecule has 0 aliphatic rings. The minimum absolute atomic E-state index is 0.174. The molecule has 0 bridgehead atoms. The molecule has 0 fully saturated rings. The molecule has 0 amide bonds. The Morgan fingerprint density at radius 3 is 2.75 bits per heavy atom. The van der Waals surface area contributed by atoms with E-state index < -0.39 is 0 Å². The average molecular weight is 278 g/mol. The van der Waals surface area contributed by atoms with Crippen LogP contribution in [-0.4, -0.2) is 45.7 Å². The van der Waals surface area contributed by atoms with Gasteiger partial charge in [-0.1, -0.05) is 12.1 Å². The first-order valence-electron chi connectivity index (χ1n) is 6.36. The first-order valence-corrected chi connectivity index (χ1v) is 6.36. The van der Waals surface area contributed by atoms with Crippen LogP contribution in [0.4, 0.5) is 0 Å². The van der Waals surface area contributed by atoms with Gasteiger partial charge in [0.25, 0.3) is 0 Å². The fourth-order valence-corrected chi connectivity index (χ4v) is 1.82. The number of methoxy groups -OCH3 is 2. The maximum absolute atomic E-state index is 11.0. The molecule has 5 heteroatoms. The summed E-state index contributed by atoms with van der Waals surface area (Å²) in [5.41, 5.74) is 1.15. The van der Waals surface area contributed by atoms with E-state index in [9.17, 15) is 4.79 Å². The van der Waals surface area contributed by atoms with Gasteiger partial charge in [-0.3, -0.25) is 0 Å². The molecule has 0 aromatic heterocycles. The molecule has 1 rings (SSSR count). The molecule has 1 aromatic rings. The number of ether oxygens (including phenoxy) is 2. The monoisotopic (exact) mass is 278 g/mol. The molecule has 0 aliphatic carbocycles. The third kappa shape index (κ3) is 4.93. The Morgan fingerprint density at radius 2 is 2.15 bits per heavy atom. The van der Waals surface area contributed by atoms with E-state index in [0.29, 0.717) is 6.54 Å². The van der Waals surface area contributed by atoms with Gasteiger partial charge in [-0.05, 0) is 31.8 Å². The van der Waals surface area contributed by atoms with E-state index in [2.05, 4.69) is 21.0 Å². The van der Waals surface area contributed by atoms with Crippen molar-refractivity contribution in [1.82, 2.24) is 10.2 Å². The predicted molar refractivity (Wildman–Crippen MR) is 78.6 cm³/mol. The number of rotatable bonds is 7. The van der Waals surface area contributed by atoms with Crippen LogP contribution in [0.1, 0.15) is 11.6 Å². The van der Waals surface area contributed by atoms with Crippen molar-refractivity contribution >= 4 is 5.97 Å². The topological polar surface area (TPSA) is 50.8 Å². The van der Waals surface area contributed by atoms with Gasteiger partial charge in [0.05, 0.1) is 20.3 Å². The number of benzene rings is 1. The fourth-order valence-electron chi connectivity index (χ4n) is 1.82. The van der Waals surface area contributed by atoms with Gasteiger partial charge in [0.1, 0.15) is 5.75 Å². The summed E-state index contributed by atoms with van der Waals surface area (Å²) in [6.45, 7) is 0.674. The Balaban J connectivity index is 2.69. The standard InChI is InChI=1S/C15H22N2O3/c1-17(2)14(11-16-9-8-15(18)20-4)12-6-5-7-13(10-12)19-3/h5-10,14,16H,11H2,1-4H3/b9-8+. The first kappa shape index (κ1) is 16.0. The first-order chi connectivity index (χ1) is 9.58. The van der Waals surface area contributed by atoms with Crippen molar-refractivity contribution < 1.29 is 14.3 Å². The Bertz CT molecular complexity index is 458. The van der Waals surface area contributed by atoms with E-state index >= 15 is 0 Å². The lowest BCUT2D eigenvalue weighted by atomic mass is 10.1.